The predicted molar refractivity (Wildman–Crippen MR) is 129 cm³/mol. The number of nitrogens with zero attached hydrogens (tertiary/aromatic N) is 2. The van der Waals surface area contributed by atoms with Crippen LogP contribution in [0.1, 0.15) is 29.0 Å². The highest BCUT2D eigenvalue weighted by atomic mass is 16.3. The smallest absolute Gasteiger partial charge is 0.254 e. The maximum absolute atomic E-state index is 13.5. The third kappa shape index (κ3) is 4.40. The van der Waals surface area contributed by atoms with E-state index in [-0.39, 0.29) is 17.7 Å². The fraction of sp³-hybridized carbons (Fsp3) is 0.214. The zero-order valence-corrected chi connectivity index (χ0v) is 18.4. The van der Waals surface area contributed by atoms with Gasteiger partial charge in [-0.2, -0.15) is 0 Å². The first kappa shape index (κ1) is 21.0. The van der Waals surface area contributed by atoms with E-state index in [1.54, 1.807) is 11.2 Å². The largest absolute Gasteiger partial charge is 0.467 e. The minimum absolute atomic E-state index is 0.0354. The van der Waals surface area contributed by atoms with Crippen molar-refractivity contribution in [1.82, 2.24) is 4.90 Å². The standard InChI is InChI=1S/C28H26N2O3/c31-27(30(20-24-12-7-19-33-24)23-10-2-1-3-11-23)22-15-17-29(18-16-22)28(32)26-14-6-9-21-8-4-5-13-25(21)26/h1-14,19,22H,15-18,20H2. The van der Waals surface area contributed by atoms with Crippen LogP contribution in [-0.2, 0) is 11.3 Å². The molecule has 2 heterocycles. The van der Waals surface area contributed by atoms with Gasteiger partial charge in [-0.25, -0.2) is 0 Å². The van der Waals surface area contributed by atoms with Crippen LogP contribution in [0.2, 0.25) is 0 Å². The van der Waals surface area contributed by atoms with Crippen LogP contribution in [0.25, 0.3) is 10.8 Å². The number of carbonyl (C=O) groups is 2. The lowest BCUT2D eigenvalue weighted by Gasteiger charge is -2.34. The number of fused-ring (bicyclic) bond motifs is 1. The van der Waals surface area contributed by atoms with Crippen molar-refractivity contribution in [3.8, 4) is 0 Å². The molecule has 1 aromatic heterocycles. The van der Waals surface area contributed by atoms with Gasteiger partial charge in [0.1, 0.15) is 5.76 Å². The zero-order valence-electron chi connectivity index (χ0n) is 18.4. The summed E-state index contributed by atoms with van der Waals surface area (Å²) in [5, 5.41) is 2.03. The molecule has 1 fully saturated rings. The minimum Gasteiger partial charge on any atom is -0.467 e. The number of carbonyl (C=O) groups excluding carboxylic acids is 2. The SMILES string of the molecule is O=C(c1cccc2ccccc12)N1CCC(C(=O)N(Cc2ccco2)c2ccccc2)CC1. The molecule has 1 aliphatic rings. The van der Waals surface area contributed by atoms with Crippen molar-refractivity contribution in [2.75, 3.05) is 18.0 Å². The van der Waals surface area contributed by atoms with Crippen LogP contribution in [0.4, 0.5) is 5.69 Å². The monoisotopic (exact) mass is 438 g/mol. The molecular formula is C28H26N2O3. The van der Waals surface area contributed by atoms with Crippen molar-refractivity contribution in [2.24, 2.45) is 5.92 Å². The Hall–Kier alpha value is -3.86. The minimum atomic E-state index is -0.128. The van der Waals surface area contributed by atoms with Gasteiger partial charge >= 0.3 is 0 Å². The second-order valence-corrected chi connectivity index (χ2v) is 8.43. The van der Waals surface area contributed by atoms with E-state index < -0.39 is 0 Å². The van der Waals surface area contributed by atoms with E-state index in [2.05, 4.69) is 0 Å². The lowest BCUT2D eigenvalue weighted by molar-refractivity contribution is -0.123. The fourth-order valence-electron chi connectivity index (χ4n) is 4.59. The maximum atomic E-state index is 13.5. The molecule has 0 N–H and O–H groups in total. The Bertz CT molecular complexity index is 1240. The predicted octanol–water partition coefficient (Wildman–Crippen LogP) is 5.52. The number of furan rings is 1. The highest BCUT2D eigenvalue weighted by Gasteiger charge is 2.32. The van der Waals surface area contributed by atoms with Crippen LogP contribution < -0.4 is 4.90 Å². The van der Waals surface area contributed by atoms with Crippen LogP contribution in [0.3, 0.4) is 0 Å². The summed E-state index contributed by atoms with van der Waals surface area (Å²) in [6, 6.07) is 27.2. The Morgan fingerprint density at radius 2 is 1.58 bits per heavy atom. The summed E-state index contributed by atoms with van der Waals surface area (Å²) in [6.07, 6.45) is 2.92. The fourth-order valence-corrected chi connectivity index (χ4v) is 4.59. The molecule has 3 aromatic carbocycles. The molecule has 0 atom stereocenters. The Morgan fingerprint density at radius 3 is 2.33 bits per heavy atom. The number of rotatable bonds is 5. The lowest BCUT2D eigenvalue weighted by Crippen LogP contribution is -2.44. The van der Waals surface area contributed by atoms with Gasteiger partial charge in [0, 0.05) is 30.3 Å². The van der Waals surface area contributed by atoms with Gasteiger partial charge in [0.2, 0.25) is 5.91 Å². The third-order valence-electron chi connectivity index (χ3n) is 6.38. The third-order valence-corrected chi connectivity index (χ3v) is 6.38. The Balaban J connectivity index is 1.30. The second kappa shape index (κ2) is 9.33. The molecule has 1 saturated heterocycles. The molecule has 4 aromatic rings. The first-order valence-corrected chi connectivity index (χ1v) is 11.4. The van der Waals surface area contributed by atoms with Gasteiger partial charge in [0.05, 0.1) is 12.8 Å². The van der Waals surface area contributed by atoms with E-state index in [0.717, 1.165) is 27.8 Å². The maximum Gasteiger partial charge on any atom is 0.254 e. The second-order valence-electron chi connectivity index (χ2n) is 8.43. The summed E-state index contributed by atoms with van der Waals surface area (Å²) in [5.41, 5.74) is 1.58. The lowest BCUT2D eigenvalue weighted by atomic mass is 9.94. The van der Waals surface area contributed by atoms with Crippen LogP contribution >= 0.6 is 0 Å². The van der Waals surface area contributed by atoms with Crippen LogP contribution in [0, 0.1) is 5.92 Å². The van der Waals surface area contributed by atoms with Gasteiger partial charge in [-0.15, -0.1) is 0 Å². The molecule has 2 amide bonds. The number of benzene rings is 3. The Labute approximate surface area is 193 Å². The van der Waals surface area contributed by atoms with E-state index in [9.17, 15) is 9.59 Å². The van der Waals surface area contributed by atoms with Gasteiger partial charge in [-0.3, -0.25) is 9.59 Å². The molecule has 0 aliphatic carbocycles. The summed E-state index contributed by atoms with van der Waals surface area (Å²) in [5.74, 6) is 0.732. The highest BCUT2D eigenvalue weighted by Crippen LogP contribution is 2.27. The summed E-state index contributed by atoms with van der Waals surface area (Å²) in [7, 11) is 0. The molecule has 166 valence electrons. The molecular weight excluding hydrogens is 412 g/mol. The average Bonchev–Trinajstić information content (AvgIpc) is 3.40. The number of piperidine rings is 1. The molecule has 5 rings (SSSR count). The van der Waals surface area contributed by atoms with Crippen molar-refractivity contribution >= 4 is 28.3 Å². The molecule has 0 bridgehead atoms. The van der Waals surface area contributed by atoms with Gasteiger partial charge in [-0.05, 0) is 53.9 Å². The summed E-state index contributed by atoms with van der Waals surface area (Å²) >= 11 is 0. The first-order chi connectivity index (χ1) is 16.2. The van der Waals surface area contributed by atoms with Crippen molar-refractivity contribution in [2.45, 2.75) is 19.4 Å². The number of hydrogen-bond acceptors (Lipinski definition) is 3. The average molecular weight is 439 g/mol. The molecule has 5 heteroatoms. The molecule has 0 saturated carbocycles. The number of hydrogen-bond donors (Lipinski definition) is 0. The van der Waals surface area contributed by atoms with E-state index >= 15 is 0 Å². The molecule has 33 heavy (non-hydrogen) atoms. The number of anilines is 1. The van der Waals surface area contributed by atoms with E-state index in [1.807, 2.05) is 89.8 Å². The Morgan fingerprint density at radius 1 is 0.848 bits per heavy atom. The van der Waals surface area contributed by atoms with Gasteiger partial charge in [-0.1, -0.05) is 54.6 Å². The number of para-hydroxylation sites is 1. The summed E-state index contributed by atoms with van der Waals surface area (Å²) in [6.45, 7) is 1.54. The molecule has 1 aliphatic heterocycles. The zero-order chi connectivity index (χ0) is 22.6. The van der Waals surface area contributed by atoms with Crippen LogP contribution in [-0.4, -0.2) is 29.8 Å². The van der Waals surface area contributed by atoms with Crippen LogP contribution in [0.15, 0.2) is 95.6 Å². The van der Waals surface area contributed by atoms with Crippen molar-refractivity contribution in [3.63, 3.8) is 0 Å². The molecule has 5 nitrogen and oxygen atoms in total. The summed E-state index contributed by atoms with van der Waals surface area (Å²) in [4.78, 5) is 30.5. The van der Waals surface area contributed by atoms with Gasteiger partial charge in [0.25, 0.3) is 5.91 Å². The topological polar surface area (TPSA) is 53.8 Å². The first-order valence-electron chi connectivity index (χ1n) is 11.4. The van der Waals surface area contributed by atoms with Crippen LogP contribution in [0.5, 0.6) is 0 Å². The molecule has 0 radical (unpaired) electrons. The van der Waals surface area contributed by atoms with E-state index in [4.69, 9.17) is 4.42 Å². The van der Waals surface area contributed by atoms with Crippen molar-refractivity contribution in [1.29, 1.82) is 0 Å². The van der Waals surface area contributed by atoms with Gasteiger partial charge in [0.15, 0.2) is 0 Å². The van der Waals surface area contributed by atoms with E-state index in [1.165, 1.54) is 0 Å². The highest BCUT2D eigenvalue weighted by molar-refractivity contribution is 6.07. The summed E-state index contributed by atoms with van der Waals surface area (Å²) < 4.78 is 5.51. The van der Waals surface area contributed by atoms with E-state index in [0.29, 0.717) is 32.5 Å². The number of likely N-dealkylation sites (tertiary alicyclic amines) is 1. The Kier molecular flexibility index (Phi) is 5.94. The molecule has 0 unspecified atom stereocenters. The normalized spacial score (nSPS) is 14.4. The van der Waals surface area contributed by atoms with Gasteiger partial charge < -0.3 is 14.2 Å². The van der Waals surface area contributed by atoms with Crippen molar-refractivity contribution < 1.29 is 14.0 Å². The van der Waals surface area contributed by atoms with Crippen molar-refractivity contribution in [3.05, 3.63) is 103 Å². The molecule has 0 spiro atoms. The quantitative estimate of drug-likeness (QED) is 0.412. The number of amides is 2.